The molecule has 0 fully saturated rings. The summed E-state index contributed by atoms with van der Waals surface area (Å²) in [5.74, 6) is -4.36. The lowest BCUT2D eigenvalue weighted by atomic mass is 9.71. The first-order chi connectivity index (χ1) is 49.1. The van der Waals surface area contributed by atoms with Gasteiger partial charge in [-0.15, -0.1) is 0 Å². The van der Waals surface area contributed by atoms with E-state index in [1.807, 2.05) is 30.4 Å². The number of carbonyl (C=O) groups excluding carboxylic acids is 3. The third-order valence-corrected chi connectivity index (χ3v) is 19.0. The van der Waals surface area contributed by atoms with Crippen LogP contribution < -0.4 is 0 Å². The molecule has 13 heteroatoms. The normalized spacial score (nSPS) is 22.1. The number of aliphatic hydroxyl groups excluding tert-OH is 1. The number of aliphatic carboxylic acids is 3. The van der Waals surface area contributed by atoms with Crippen molar-refractivity contribution in [3.05, 3.63) is 259 Å². The third kappa shape index (κ3) is 35.6. The predicted octanol–water partition coefficient (Wildman–Crippen LogP) is 22.3. The van der Waals surface area contributed by atoms with Crippen molar-refractivity contribution < 1.29 is 63.4 Å². The van der Waals surface area contributed by atoms with Crippen LogP contribution in [0.15, 0.2) is 259 Å². The highest BCUT2D eigenvalue weighted by Gasteiger charge is 2.37. The van der Waals surface area contributed by atoms with Gasteiger partial charge in [-0.2, -0.15) is 0 Å². The first-order valence-electron chi connectivity index (χ1n) is 37.0. The Bertz CT molecular complexity index is 3690. The molecule has 0 radical (unpaired) electrons. The number of ether oxygens (including phenoxy) is 3. The summed E-state index contributed by atoms with van der Waals surface area (Å²) in [5.41, 5.74) is 18.4. The highest BCUT2D eigenvalue weighted by molar-refractivity contribution is 5.78. The Balaban J connectivity index is 0.000000550. The molecule has 0 bridgehead atoms. The Hall–Kier alpha value is -8.94. The highest BCUT2D eigenvalue weighted by Crippen LogP contribution is 2.46. The molecule has 570 valence electrons. The molecule has 0 aromatic rings. The van der Waals surface area contributed by atoms with Crippen LogP contribution in [0, 0.1) is 21.7 Å². The van der Waals surface area contributed by atoms with Crippen molar-refractivity contribution in [2.75, 3.05) is 0 Å². The first-order valence-corrected chi connectivity index (χ1v) is 37.0. The van der Waals surface area contributed by atoms with Gasteiger partial charge in [-0.3, -0.25) is 28.8 Å². The van der Waals surface area contributed by atoms with Gasteiger partial charge in [0.25, 0.3) is 0 Å². The molecule has 4 atom stereocenters. The lowest BCUT2D eigenvalue weighted by molar-refractivity contribution is -0.153. The highest BCUT2D eigenvalue weighted by atomic mass is 16.6. The van der Waals surface area contributed by atoms with Crippen molar-refractivity contribution in [1.29, 1.82) is 0 Å². The molecular formula is C92H124O13. The molecule has 4 aliphatic rings. The van der Waals surface area contributed by atoms with Crippen molar-refractivity contribution in [2.45, 2.75) is 253 Å². The molecule has 4 aliphatic carbocycles. The summed E-state index contributed by atoms with van der Waals surface area (Å²) < 4.78 is 16.8. The van der Waals surface area contributed by atoms with E-state index in [9.17, 15) is 33.9 Å². The molecule has 0 aromatic heterocycles. The van der Waals surface area contributed by atoms with Crippen LogP contribution in [0.25, 0.3) is 0 Å². The Morgan fingerprint density at radius 1 is 0.314 bits per heavy atom. The molecule has 0 spiro atoms. The van der Waals surface area contributed by atoms with Gasteiger partial charge in [-0.1, -0.05) is 292 Å². The molecule has 0 saturated carbocycles. The molecule has 13 nitrogen and oxygen atoms in total. The minimum absolute atomic E-state index is 0.0119. The van der Waals surface area contributed by atoms with E-state index >= 15 is 0 Å². The average Bonchev–Trinajstić information content (AvgIpc) is 0.826. The Morgan fingerprint density at radius 2 is 0.514 bits per heavy atom. The molecule has 4 unspecified atom stereocenters. The second-order valence-electron chi connectivity index (χ2n) is 31.4. The van der Waals surface area contributed by atoms with Crippen LogP contribution in [0.5, 0.6) is 0 Å². The van der Waals surface area contributed by atoms with Gasteiger partial charge < -0.3 is 34.6 Å². The van der Waals surface area contributed by atoms with Crippen LogP contribution in [0.1, 0.15) is 228 Å². The van der Waals surface area contributed by atoms with Crippen LogP contribution >= 0.6 is 0 Å². The number of hydrogen-bond acceptors (Lipinski definition) is 10. The van der Waals surface area contributed by atoms with E-state index in [0.717, 1.165) is 51.9 Å². The first kappa shape index (κ1) is 90.3. The van der Waals surface area contributed by atoms with E-state index in [2.05, 4.69) is 278 Å². The minimum Gasteiger partial charge on any atom is -0.481 e. The van der Waals surface area contributed by atoms with E-state index in [0.29, 0.717) is 38.5 Å². The zero-order chi connectivity index (χ0) is 78.8. The summed E-state index contributed by atoms with van der Waals surface area (Å²) in [6.45, 7) is 42.3. The molecule has 4 rings (SSSR count). The number of carboxylic acids is 3. The lowest BCUT2D eigenvalue weighted by Crippen LogP contribution is -2.32. The minimum atomic E-state index is -1.00. The van der Waals surface area contributed by atoms with Gasteiger partial charge >= 0.3 is 35.8 Å². The van der Waals surface area contributed by atoms with E-state index < -0.39 is 35.8 Å². The van der Waals surface area contributed by atoms with E-state index in [4.69, 9.17) is 29.5 Å². The maximum absolute atomic E-state index is 12.1. The van der Waals surface area contributed by atoms with Crippen molar-refractivity contribution >= 4 is 35.8 Å². The quantitative estimate of drug-likeness (QED) is 0.0281. The molecule has 4 N–H and O–H groups in total. The van der Waals surface area contributed by atoms with Crippen molar-refractivity contribution in [1.82, 2.24) is 0 Å². The number of carboxylic acid groups (broad SMARTS) is 3. The van der Waals surface area contributed by atoms with Crippen LogP contribution in [-0.4, -0.2) is 80.7 Å². The standard InChI is InChI=1S/C48H64O8.C44H60O5/c1-33(17-13-19-35(3)21-23-41-37(5)29-39(31-47(41,7)8)55-45(53)27-25-43(49)50)15-11-12-16-34(2)18-14-20-36(4)22-24-42-38(6)30-40(32-48(42,9)10)56-46(54)28-26-44(51)52;1-31(17-13-19-33(3)21-23-39-35(5)27-37(45)29-43(39,7)8)15-11-12-16-32(2)18-14-20-34(4)22-24-40-36(6)28-38(30-44(40,9)10)49-42(48)26-25-41(46)47/h11-24,39-40H,25-32H2,1-10H3,(H,49,50)(H,51,52);11-24,37-38,45H,25-30H2,1-10H3,(H,46,47)/b12-11+,17-13+,18-14+,23-21+,24-22+,33-15+,34-16+,35-19+,36-20+;12-11+,17-13+,18-14+,23-21+,24-22+,31-15+,32-16+,33-19+,34-20+. The number of aliphatic hydroxyl groups is 1. The zero-order valence-corrected chi connectivity index (χ0v) is 66.8. The van der Waals surface area contributed by atoms with Gasteiger partial charge in [0.2, 0.25) is 0 Å². The van der Waals surface area contributed by atoms with Crippen LogP contribution in [0.2, 0.25) is 0 Å². The molecule has 0 aromatic carbocycles. The summed E-state index contributed by atoms with van der Waals surface area (Å²) in [5, 5.41) is 36.6. The molecule has 105 heavy (non-hydrogen) atoms. The van der Waals surface area contributed by atoms with Gasteiger partial charge in [-0.05, 0) is 159 Å². The maximum atomic E-state index is 12.1. The summed E-state index contributed by atoms with van der Waals surface area (Å²) in [6, 6.07) is 0. The summed E-state index contributed by atoms with van der Waals surface area (Å²) in [7, 11) is 0. The number of hydrogen-bond donors (Lipinski definition) is 4. The average molecular weight is 1440 g/mol. The number of allylic oxidation sites excluding steroid dienone is 40. The fourth-order valence-electron chi connectivity index (χ4n) is 13.8. The third-order valence-electron chi connectivity index (χ3n) is 19.0. The van der Waals surface area contributed by atoms with Crippen LogP contribution in [0.4, 0.5) is 0 Å². The fourth-order valence-corrected chi connectivity index (χ4v) is 13.8. The number of rotatable bonds is 32. The van der Waals surface area contributed by atoms with E-state index in [1.54, 1.807) is 0 Å². The predicted molar refractivity (Wildman–Crippen MR) is 431 cm³/mol. The van der Waals surface area contributed by atoms with Crippen molar-refractivity contribution in [2.24, 2.45) is 21.7 Å². The molecule has 0 aliphatic heterocycles. The molecule has 0 heterocycles. The Labute approximate surface area is 629 Å². The zero-order valence-electron chi connectivity index (χ0n) is 66.8. The largest absolute Gasteiger partial charge is 0.481 e. The SMILES string of the molecule is CC1=C(/C=C/C(C)=C/C=C/C(C)=C/C=C/C=C(C)/C=C/C=C(C)/C=C/C2=C(C)CC(OC(=O)CCC(=O)O)CC2(C)C)C(C)(C)CC(O)C1.CC1=C(/C=C/C(C)=C/C=C/C(C)=C/C=C/C=C(C)/C=C/C=C(C)/C=C/C2=C(C)CC(OC(=O)CCC(=O)O)CC2(C)C)C(C)(C)CC(OC(=O)CCC(=O)O)C1. The summed E-state index contributed by atoms with van der Waals surface area (Å²) in [4.78, 5) is 68.5. The summed E-state index contributed by atoms with van der Waals surface area (Å²) >= 11 is 0. The number of esters is 3. The van der Waals surface area contributed by atoms with E-state index in [1.165, 1.54) is 50.2 Å². The van der Waals surface area contributed by atoms with Gasteiger partial charge in [0.1, 0.15) is 18.3 Å². The van der Waals surface area contributed by atoms with Gasteiger partial charge in [0.05, 0.1) is 44.6 Å². The fraction of sp³-hybridized carbons (Fsp3) is 0.457. The van der Waals surface area contributed by atoms with Gasteiger partial charge in [0, 0.05) is 19.3 Å². The second kappa shape index (κ2) is 44.1. The Kier molecular flexibility index (Phi) is 37.9. The Morgan fingerprint density at radius 3 is 0.724 bits per heavy atom. The van der Waals surface area contributed by atoms with E-state index in [-0.39, 0.29) is 84.6 Å². The van der Waals surface area contributed by atoms with Gasteiger partial charge in [-0.25, -0.2) is 0 Å². The van der Waals surface area contributed by atoms with Crippen molar-refractivity contribution in [3.8, 4) is 0 Å². The molecule has 0 saturated heterocycles. The van der Waals surface area contributed by atoms with Crippen LogP contribution in [-0.2, 0) is 43.0 Å². The van der Waals surface area contributed by atoms with Gasteiger partial charge in [0.15, 0.2) is 0 Å². The smallest absolute Gasteiger partial charge is 0.306 e. The topological polar surface area (TPSA) is 211 Å². The number of carbonyl (C=O) groups is 6. The lowest BCUT2D eigenvalue weighted by Gasteiger charge is -2.37. The monoisotopic (exact) mass is 1440 g/mol. The molecular weight excluding hydrogens is 1310 g/mol. The molecule has 0 amide bonds. The van der Waals surface area contributed by atoms with Crippen molar-refractivity contribution in [3.63, 3.8) is 0 Å². The maximum Gasteiger partial charge on any atom is 0.306 e. The summed E-state index contributed by atoms with van der Waals surface area (Å²) in [6.07, 6.45) is 62.3. The second-order valence-corrected chi connectivity index (χ2v) is 31.4. The van der Waals surface area contributed by atoms with Crippen LogP contribution in [0.3, 0.4) is 0 Å².